The van der Waals surface area contributed by atoms with E-state index in [0.717, 1.165) is 5.56 Å². The summed E-state index contributed by atoms with van der Waals surface area (Å²) in [6, 6.07) is 1.28. The number of halogens is 1. The first kappa shape index (κ1) is 8.06. The molecule has 0 bridgehead atoms. The number of aromatic nitrogens is 1. The van der Waals surface area contributed by atoms with Crippen molar-refractivity contribution in [1.29, 1.82) is 0 Å². The maximum atomic E-state index is 5.76. The van der Waals surface area contributed by atoms with Gasteiger partial charge in [-0.25, -0.2) is 0 Å². The number of hydrogen-bond donors (Lipinski definition) is 1. The SMILES string of the molecule is C#CC(N)c1ccncc1Cl. The van der Waals surface area contributed by atoms with Crippen LogP contribution >= 0.6 is 11.6 Å². The topological polar surface area (TPSA) is 38.9 Å². The fourth-order valence-electron chi connectivity index (χ4n) is 0.728. The Morgan fingerprint density at radius 2 is 2.45 bits per heavy atom. The maximum Gasteiger partial charge on any atom is 0.0933 e. The largest absolute Gasteiger partial charge is 0.314 e. The van der Waals surface area contributed by atoms with E-state index in [0.29, 0.717) is 5.02 Å². The number of pyridine rings is 1. The molecule has 1 unspecified atom stereocenters. The molecule has 0 fully saturated rings. The highest BCUT2D eigenvalue weighted by Gasteiger charge is 2.05. The van der Waals surface area contributed by atoms with Crippen molar-refractivity contribution >= 4 is 11.6 Å². The Kier molecular flexibility index (Phi) is 2.48. The first-order chi connectivity index (χ1) is 5.25. The van der Waals surface area contributed by atoms with Gasteiger partial charge in [0.25, 0.3) is 0 Å². The molecule has 1 atom stereocenters. The number of rotatable bonds is 1. The first-order valence-electron chi connectivity index (χ1n) is 3.07. The minimum Gasteiger partial charge on any atom is -0.314 e. The van der Waals surface area contributed by atoms with Crippen molar-refractivity contribution in [2.24, 2.45) is 5.73 Å². The second-order valence-corrected chi connectivity index (χ2v) is 2.45. The number of nitrogens with zero attached hydrogens (tertiary/aromatic N) is 1. The van der Waals surface area contributed by atoms with Gasteiger partial charge in [-0.3, -0.25) is 4.98 Å². The molecule has 0 aliphatic heterocycles. The molecule has 0 amide bonds. The summed E-state index contributed by atoms with van der Waals surface area (Å²) in [4.78, 5) is 3.81. The zero-order chi connectivity index (χ0) is 8.27. The predicted molar refractivity (Wildman–Crippen MR) is 45.0 cm³/mol. The number of hydrogen-bond acceptors (Lipinski definition) is 2. The fraction of sp³-hybridized carbons (Fsp3) is 0.125. The highest BCUT2D eigenvalue weighted by molar-refractivity contribution is 6.31. The molecular formula is C8H7ClN2. The van der Waals surface area contributed by atoms with Crippen LogP contribution in [-0.4, -0.2) is 4.98 Å². The predicted octanol–water partition coefficient (Wildman–Crippen LogP) is 1.37. The smallest absolute Gasteiger partial charge is 0.0933 e. The lowest BCUT2D eigenvalue weighted by molar-refractivity contribution is 0.941. The van der Waals surface area contributed by atoms with Crippen LogP contribution in [0.2, 0.25) is 5.02 Å². The van der Waals surface area contributed by atoms with Crippen molar-refractivity contribution in [3.63, 3.8) is 0 Å². The molecule has 1 rings (SSSR count). The molecule has 0 saturated heterocycles. The van der Waals surface area contributed by atoms with E-state index >= 15 is 0 Å². The molecule has 2 nitrogen and oxygen atoms in total. The molecule has 0 saturated carbocycles. The average molecular weight is 167 g/mol. The Labute approximate surface area is 70.4 Å². The summed E-state index contributed by atoms with van der Waals surface area (Å²) < 4.78 is 0. The van der Waals surface area contributed by atoms with Gasteiger partial charge in [0.2, 0.25) is 0 Å². The van der Waals surface area contributed by atoms with Crippen molar-refractivity contribution in [3.8, 4) is 12.3 Å². The van der Waals surface area contributed by atoms with E-state index in [1.54, 1.807) is 12.3 Å². The van der Waals surface area contributed by atoms with Gasteiger partial charge < -0.3 is 5.73 Å². The summed E-state index contributed by atoms with van der Waals surface area (Å²) in [5, 5.41) is 0.512. The molecule has 0 aliphatic carbocycles. The third kappa shape index (κ3) is 1.70. The standard InChI is InChI=1S/C8H7ClN2/c1-2-8(10)6-3-4-11-5-7(6)9/h1,3-5,8H,10H2. The minimum absolute atomic E-state index is 0.439. The van der Waals surface area contributed by atoms with Crippen LogP contribution in [0.25, 0.3) is 0 Å². The van der Waals surface area contributed by atoms with Gasteiger partial charge in [-0.15, -0.1) is 6.42 Å². The highest BCUT2D eigenvalue weighted by Crippen LogP contribution is 2.18. The normalized spacial score (nSPS) is 12.1. The zero-order valence-corrected chi connectivity index (χ0v) is 6.55. The van der Waals surface area contributed by atoms with E-state index in [9.17, 15) is 0 Å². The lowest BCUT2D eigenvalue weighted by Gasteiger charge is -2.04. The molecule has 0 aliphatic rings. The van der Waals surface area contributed by atoms with Gasteiger partial charge >= 0.3 is 0 Å². The summed E-state index contributed by atoms with van der Waals surface area (Å²) >= 11 is 5.76. The van der Waals surface area contributed by atoms with E-state index in [1.807, 2.05) is 0 Å². The molecule has 1 aromatic heterocycles. The van der Waals surface area contributed by atoms with Gasteiger partial charge in [0.1, 0.15) is 0 Å². The van der Waals surface area contributed by atoms with Gasteiger partial charge in [-0.2, -0.15) is 0 Å². The van der Waals surface area contributed by atoms with E-state index in [4.69, 9.17) is 23.8 Å². The van der Waals surface area contributed by atoms with Crippen molar-refractivity contribution in [1.82, 2.24) is 4.98 Å². The van der Waals surface area contributed by atoms with Crippen LogP contribution in [0.15, 0.2) is 18.5 Å². The fourth-order valence-corrected chi connectivity index (χ4v) is 0.965. The van der Waals surface area contributed by atoms with Crippen LogP contribution in [0.4, 0.5) is 0 Å². The molecule has 3 heteroatoms. The molecule has 56 valence electrons. The summed E-state index contributed by atoms with van der Waals surface area (Å²) in [7, 11) is 0. The van der Waals surface area contributed by atoms with Crippen molar-refractivity contribution in [2.45, 2.75) is 6.04 Å². The van der Waals surface area contributed by atoms with Crippen LogP contribution < -0.4 is 5.73 Å². The van der Waals surface area contributed by atoms with Crippen molar-refractivity contribution in [2.75, 3.05) is 0 Å². The number of terminal acetylenes is 1. The van der Waals surface area contributed by atoms with Gasteiger partial charge in [0, 0.05) is 18.0 Å². The molecule has 1 heterocycles. The Bertz CT molecular complexity index is 290. The van der Waals surface area contributed by atoms with Crippen LogP contribution in [0.3, 0.4) is 0 Å². The molecule has 0 spiro atoms. The summed E-state index contributed by atoms with van der Waals surface area (Å²) in [6.45, 7) is 0. The Hall–Kier alpha value is -1.04. The molecule has 0 radical (unpaired) electrons. The Balaban J connectivity index is 3.05. The summed E-state index contributed by atoms with van der Waals surface area (Å²) in [5.74, 6) is 2.39. The summed E-state index contributed by atoms with van der Waals surface area (Å²) in [6.07, 6.45) is 8.25. The first-order valence-corrected chi connectivity index (χ1v) is 3.44. The monoisotopic (exact) mass is 166 g/mol. The average Bonchev–Trinajstić information content (AvgIpc) is 2.04. The van der Waals surface area contributed by atoms with E-state index in [2.05, 4.69) is 10.9 Å². The van der Waals surface area contributed by atoms with E-state index in [1.165, 1.54) is 6.20 Å². The molecule has 11 heavy (non-hydrogen) atoms. The maximum absolute atomic E-state index is 5.76. The van der Waals surface area contributed by atoms with Gasteiger partial charge in [-0.1, -0.05) is 17.5 Å². The molecule has 0 aromatic carbocycles. The Morgan fingerprint density at radius 1 is 1.73 bits per heavy atom. The third-order valence-electron chi connectivity index (χ3n) is 1.32. The van der Waals surface area contributed by atoms with Gasteiger partial charge in [0.05, 0.1) is 11.1 Å². The third-order valence-corrected chi connectivity index (χ3v) is 1.63. The highest BCUT2D eigenvalue weighted by atomic mass is 35.5. The zero-order valence-electron chi connectivity index (χ0n) is 5.79. The second kappa shape index (κ2) is 3.38. The Morgan fingerprint density at radius 3 is 3.00 bits per heavy atom. The summed E-state index contributed by atoms with van der Waals surface area (Å²) in [5.41, 5.74) is 6.29. The van der Waals surface area contributed by atoms with Gasteiger partial charge in [0.15, 0.2) is 0 Å². The molecule has 2 N–H and O–H groups in total. The minimum atomic E-state index is -0.439. The van der Waals surface area contributed by atoms with E-state index < -0.39 is 6.04 Å². The van der Waals surface area contributed by atoms with Crippen LogP contribution in [-0.2, 0) is 0 Å². The number of nitrogens with two attached hydrogens (primary N) is 1. The van der Waals surface area contributed by atoms with Crippen LogP contribution in [0.1, 0.15) is 11.6 Å². The van der Waals surface area contributed by atoms with Gasteiger partial charge in [-0.05, 0) is 6.07 Å². The van der Waals surface area contributed by atoms with Crippen molar-refractivity contribution in [3.05, 3.63) is 29.0 Å². The van der Waals surface area contributed by atoms with Crippen LogP contribution in [0, 0.1) is 12.3 Å². The quantitative estimate of drug-likeness (QED) is 0.640. The lowest BCUT2D eigenvalue weighted by atomic mass is 10.1. The van der Waals surface area contributed by atoms with Crippen molar-refractivity contribution < 1.29 is 0 Å². The molecular weight excluding hydrogens is 160 g/mol. The van der Waals surface area contributed by atoms with Crippen LogP contribution in [0.5, 0.6) is 0 Å². The van der Waals surface area contributed by atoms with E-state index in [-0.39, 0.29) is 0 Å². The molecule has 1 aromatic rings. The second-order valence-electron chi connectivity index (χ2n) is 2.04. The lowest BCUT2D eigenvalue weighted by Crippen LogP contribution is -2.07.